The zero-order valence-electron chi connectivity index (χ0n) is 22.9. The fourth-order valence-corrected chi connectivity index (χ4v) is 6.30. The van der Waals surface area contributed by atoms with Crippen molar-refractivity contribution in [3.8, 4) is 44.9 Å². The third-order valence-electron chi connectivity index (χ3n) is 8.16. The predicted octanol–water partition coefficient (Wildman–Crippen LogP) is 10.6. The Balaban J connectivity index is 1.49. The standard InChI is InChI=1S/C40H26N2/c1-3-13-27(14-4-1)29-21-11-24-36(39(29)40-41-26-25-37(42-40)28-15-5-2-6-16-28)35-23-12-22-34-32-18-8-7-17-30(32)31-19-9-10-20-33(31)38(34)35/h1-26H. The summed E-state index contributed by atoms with van der Waals surface area (Å²) in [5.74, 6) is 0.716. The average Bonchev–Trinajstić information content (AvgIpc) is 3.08. The Morgan fingerprint density at radius 3 is 1.55 bits per heavy atom. The maximum absolute atomic E-state index is 5.17. The molecule has 0 amide bonds. The molecule has 2 nitrogen and oxygen atoms in total. The molecule has 8 rings (SSSR count). The van der Waals surface area contributed by atoms with E-state index < -0.39 is 0 Å². The van der Waals surface area contributed by atoms with Crippen LogP contribution in [-0.2, 0) is 0 Å². The minimum absolute atomic E-state index is 0.716. The summed E-state index contributed by atoms with van der Waals surface area (Å²) in [7, 11) is 0. The van der Waals surface area contributed by atoms with Gasteiger partial charge >= 0.3 is 0 Å². The third kappa shape index (κ3) is 3.96. The molecule has 7 aromatic carbocycles. The molecule has 0 unspecified atom stereocenters. The van der Waals surface area contributed by atoms with Crippen LogP contribution in [0.3, 0.4) is 0 Å². The fraction of sp³-hybridized carbons (Fsp3) is 0. The lowest BCUT2D eigenvalue weighted by Gasteiger charge is -2.19. The van der Waals surface area contributed by atoms with Crippen LogP contribution < -0.4 is 0 Å². The van der Waals surface area contributed by atoms with E-state index in [1.165, 1.54) is 37.9 Å². The molecule has 8 aromatic rings. The van der Waals surface area contributed by atoms with Crippen LogP contribution in [0.1, 0.15) is 0 Å². The molecule has 0 spiro atoms. The van der Waals surface area contributed by atoms with Crippen LogP contribution in [-0.4, -0.2) is 9.97 Å². The highest BCUT2D eigenvalue weighted by Crippen LogP contribution is 2.45. The normalized spacial score (nSPS) is 11.3. The molecule has 0 atom stereocenters. The van der Waals surface area contributed by atoms with Crippen molar-refractivity contribution in [2.45, 2.75) is 0 Å². The van der Waals surface area contributed by atoms with Crippen molar-refractivity contribution < 1.29 is 0 Å². The molecule has 196 valence electrons. The Bertz CT molecular complexity index is 2190. The predicted molar refractivity (Wildman–Crippen MR) is 176 cm³/mol. The largest absolute Gasteiger partial charge is 0.237 e. The SMILES string of the molecule is c1ccc(-c2ccnc(-c3c(-c4ccccc4)cccc3-c3cccc4c5ccccc5c5ccccc5c34)n2)cc1. The average molecular weight is 535 g/mol. The van der Waals surface area contributed by atoms with Crippen molar-refractivity contribution in [3.63, 3.8) is 0 Å². The molecule has 0 aliphatic carbocycles. The molecule has 1 heterocycles. The van der Waals surface area contributed by atoms with Crippen molar-refractivity contribution in [1.82, 2.24) is 9.97 Å². The second-order valence-electron chi connectivity index (χ2n) is 10.5. The van der Waals surface area contributed by atoms with Gasteiger partial charge in [-0.2, -0.15) is 0 Å². The van der Waals surface area contributed by atoms with Crippen LogP contribution in [0.25, 0.3) is 77.2 Å². The lowest BCUT2D eigenvalue weighted by molar-refractivity contribution is 1.18. The van der Waals surface area contributed by atoms with Gasteiger partial charge in [0.1, 0.15) is 0 Å². The Labute approximate surface area is 244 Å². The Kier molecular flexibility index (Phi) is 5.82. The van der Waals surface area contributed by atoms with Crippen LogP contribution >= 0.6 is 0 Å². The number of rotatable bonds is 4. The minimum atomic E-state index is 0.716. The van der Waals surface area contributed by atoms with Crippen molar-refractivity contribution in [2.75, 3.05) is 0 Å². The quantitative estimate of drug-likeness (QED) is 0.210. The van der Waals surface area contributed by atoms with Gasteiger partial charge in [-0.3, -0.25) is 0 Å². The van der Waals surface area contributed by atoms with Gasteiger partial charge in [0, 0.05) is 17.3 Å². The second-order valence-corrected chi connectivity index (χ2v) is 10.5. The molecular weight excluding hydrogens is 508 g/mol. The van der Waals surface area contributed by atoms with E-state index in [1.54, 1.807) is 0 Å². The first-order valence-corrected chi connectivity index (χ1v) is 14.3. The van der Waals surface area contributed by atoms with E-state index in [9.17, 15) is 0 Å². The van der Waals surface area contributed by atoms with Gasteiger partial charge in [0.05, 0.1) is 5.69 Å². The van der Waals surface area contributed by atoms with Crippen molar-refractivity contribution in [1.29, 1.82) is 0 Å². The van der Waals surface area contributed by atoms with E-state index in [2.05, 4.69) is 127 Å². The Morgan fingerprint density at radius 2 is 0.857 bits per heavy atom. The van der Waals surface area contributed by atoms with E-state index in [0.717, 1.165) is 33.5 Å². The zero-order chi connectivity index (χ0) is 27.9. The maximum Gasteiger partial charge on any atom is 0.161 e. The van der Waals surface area contributed by atoms with E-state index >= 15 is 0 Å². The molecule has 0 radical (unpaired) electrons. The van der Waals surface area contributed by atoms with Gasteiger partial charge in [-0.1, -0.05) is 146 Å². The maximum atomic E-state index is 5.17. The van der Waals surface area contributed by atoms with Gasteiger partial charge in [0.15, 0.2) is 5.82 Å². The zero-order valence-corrected chi connectivity index (χ0v) is 22.9. The summed E-state index contributed by atoms with van der Waals surface area (Å²) in [4.78, 5) is 10.1. The summed E-state index contributed by atoms with van der Waals surface area (Å²) in [6, 6.07) is 53.6. The second kappa shape index (κ2) is 10.1. The molecule has 42 heavy (non-hydrogen) atoms. The van der Waals surface area contributed by atoms with Crippen molar-refractivity contribution >= 4 is 32.3 Å². The number of hydrogen-bond acceptors (Lipinski definition) is 2. The first kappa shape index (κ1) is 24.2. The summed E-state index contributed by atoms with van der Waals surface area (Å²) < 4.78 is 0. The highest BCUT2D eigenvalue weighted by atomic mass is 14.9. The van der Waals surface area contributed by atoms with Crippen LogP contribution in [0, 0.1) is 0 Å². The molecule has 1 aromatic heterocycles. The van der Waals surface area contributed by atoms with Gasteiger partial charge in [0.25, 0.3) is 0 Å². The number of fused-ring (bicyclic) bond motifs is 6. The van der Waals surface area contributed by atoms with Gasteiger partial charge in [-0.15, -0.1) is 0 Å². The number of nitrogens with zero attached hydrogens (tertiary/aromatic N) is 2. The summed E-state index contributed by atoms with van der Waals surface area (Å²) in [6.07, 6.45) is 1.88. The lowest BCUT2D eigenvalue weighted by atomic mass is 9.86. The molecule has 0 N–H and O–H groups in total. The number of hydrogen-bond donors (Lipinski definition) is 0. The molecule has 0 aliphatic heterocycles. The summed E-state index contributed by atoms with van der Waals surface area (Å²) in [6.45, 7) is 0. The van der Waals surface area contributed by atoms with Gasteiger partial charge in [0.2, 0.25) is 0 Å². The summed E-state index contributed by atoms with van der Waals surface area (Å²) >= 11 is 0. The molecule has 0 bridgehead atoms. The fourth-order valence-electron chi connectivity index (χ4n) is 6.30. The van der Waals surface area contributed by atoms with E-state index in [-0.39, 0.29) is 0 Å². The van der Waals surface area contributed by atoms with E-state index in [0.29, 0.717) is 5.82 Å². The molecule has 0 saturated heterocycles. The van der Waals surface area contributed by atoms with E-state index in [1.807, 2.05) is 30.5 Å². The van der Waals surface area contributed by atoms with Crippen LogP contribution in [0.4, 0.5) is 0 Å². The molecule has 0 fully saturated rings. The monoisotopic (exact) mass is 534 g/mol. The third-order valence-corrected chi connectivity index (χ3v) is 8.16. The molecule has 0 aliphatic rings. The number of aromatic nitrogens is 2. The Hall–Kier alpha value is -5.60. The smallest absolute Gasteiger partial charge is 0.161 e. The summed E-state index contributed by atoms with van der Waals surface area (Å²) in [5, 5.41) is 7.54. The van der Waals surface area contributed by atoms with Gasteiger partial charge in [-0.05, 0) is 60.6 Å². The molecular formula is C40H26N2. The molecule has 0 saturated carbocycles. The number of benzene rings is 7. The topological polar surface area (TPSA) is 25.8 Å². The first-order valence-electron chi connectivity index (χ1n) is 14.3. The van der Waals surface area contributed by atoms with Crippen molar-refractivity contribution in [2.24, 2.45) is 0 Å². The highest BCUT2D eigenvalue weighted by molar-refractivity contribution is 6.28. The lowest BCUT2D eigenvalue weighted by Crippen LogP contribution is -1.97. The summed E-state index contributed by atoms with van der Waals surface area (Å²) in [5.41, 5.74) is 7.56. The van der Waals surface area contributed by atoms with Gasteiger partial charge < -0.3 is 0 Å². The van der Waals surface area contributed by atoms with Gasteiger partial charge in [-0.25, -0.2) is 9.97 Å². The van der Waals surface area contributed by atoms with Crippen LogP contribution in [0.15, 0.2) is 158 Å². The first-order chi connectivity index (χ1) is 20.9. The Morgan fingerprint density at radius 1 is 0.357 bits per heavy atom. The van der Waals surface area contributed by atoms with Crippen LogP contribution in [0.2, 0.25) is 0 Å². The van der Waals surface area contributed by atoms with Crippen LogP contribution in [0.5, 0.6) is 0 Å². The highest BCUT2D eigenvalue weighted by Gasteiger charge is 2.20. The minimum Gasteiger partial charge on any atom is -0.237 e. The van der Waals surface area contributed by atoms with Crippen molar-refractivity contribution in [3.05, 3.63) is 158 Å². The molecule has 2 heteroatoms. The van der Waals surface area contributed by atoms with E-state index in [4.69, 9.17) is 9.97 Å².